The van der Waals surface area contributed by atoms with Gasteiger partial charge in [0.15, 0.2) is 0 Å². The van der Waals surface area contributed by atoms with E-state index in [1.165, 1.54) is 24.9 Å². The van der Waals surface area contributed by atoms with E-state index in [1.54, 1.807) is 5.41 Å². The lowest BCUT2D eigenvalue weighted by Gasteiger charge is -1.98. The van der Waals surface area contributed by atoms with E-state index in [4.69, 9.17) is 11.6 Å². The monoisotopic (exact) mass is 242 g/mol. The zero-order valence-electron chi connectivity index (χ0n) is 8.27. The second-order valence-corrected chi connectivity index (χ2v) is 4.10. The molecule has 1 aromatic rings. The molecule has 0 atom stereocenters. The van der Waals surface area contributed by atoms with Gasteiger partial charge in [-0.2, -0.15) is 0 Å². The summed E-state index contributed by atoms with van der Waals surface area (Å²) < 4.78 is 4.46. The molecule has 2 nitrogen and oxygen atoms in total. The first kappa shape index (κ1) is 12.1. The van der Waals surface area contributed by atoms with Crippen LogP contribution in [0.3, 0.4) is 0 Å². The molecule has 0 aliphatic heterocycles. The molecule has 0 bridgehead atoms. The molecule has 0 N–H and O–H groups in total. The van der Waals surface area contributed by atoms with Crippen molar-refractivity contribution < 1.29 is 9.53 Å². The summed E-state index contributed by atoms with van der Waals surface area (Å²) in [6.07, 6.45) is 1.40. The van der Waals surface area contributed by atoms with E-state index in [0.29, 0.717) is 0 Å². The van der Waals surface area contributed by atoms with Crippen LogP contribution in [-0.2, 0) is 15.3 Å². The van der Waals surface area contributed by atoms with Crippen molar-refractivity contribution in [3.05, 3.63) is 46.3 Å². The summed E-state index contributed by atoms with van der Waals surface area (Å²) in [5.74, 6) is 0.447. The lowest BCUT2D eigenvalue weighted by molar-refractivity contribution is -0.134. The van der Waals surface area contributed by atoms with Gasteiger partial charge in [-0.1, -0.05) is 23.7 Å². The number of esters is 1. The number of hydrogen-bond donors (Lipinski definition) is 0. The number of methoxy groups -OCH3 is 1. The van der Waals surface area contributed by atoms with Gasteiger partial charge in [-0.05, 0) is 23.1 Å². The second-order valence-electron chi connectivity index (χ2n) is 2.77. The summed E-state index contributed by atoms with van der Waals surface area (Å²) in [4.78, 5) is 10.7. The Morgan fingerprint density at radius 1 is 1.60 bits per heavy atom. The van der Waals surface area contributed by atoms with Crippen LogP contribution in [0.1, 0.15) is 5.56 Å². The first-order valence-corrected chi connectivity index (χ1v) is 5.75. The number of halogens is 1. The Kier molecular flexibility index (Phi) is 5.29. The summed E-state index contributed by atoms with van der Waals surface area (Å²) in [5, 5.41) is 2.44. The number of benzene rings is 1. The van der Waals surface area contributed by atoms with Crippen LogP contribution in [0.25, 0.3) is 0 Å². The largest absolute Gasteiger partial charge is 0.466 e. The van der Waals surface area contributed by atoms with Gasteiger partial charge in [-0.3, -0.25) is 0 Å². The van der Waals surface area contributed by atoms with Crippen molar-refractivity contribution in [2.24, 2.45) is 0 Å². The molecule has 0 saturated heterocycles. The van der Waals surface area contributed by atoms with Crippen molar-refractivity contribution in [1.29, 1.82) is 0 Å². The van der Waals surface area contributed by atoms with Crippen LogP contribution in [0.15, 0.2) is 35.7 Å². The normalized spacial score (nSPS) is 10.5. The summed E-state index contributed by atoms with van der Waals surface area (Å²) in [6.45, 7) is 0. The zero-order chi connectivity index (χ0) is 11.1. The molecule has 4 heteroatoms. The molecule has 15 heavy (non-hydrogen) atoms. The van der Waals surface area contributed by atoms with Crippen molar-refractivity contribution in [3.8, 4) is 0 Å². The Bertz CT molecular complexity index is 363. The lowest BCUT2D eigenvalue weighted by atomic mass is 10.2. The topological polar surface area (TPSA) is 26.3 Å². The average molecular weight is 243 g/mol. The van der Waals surface area contributed by atoms with Gasteiger partial charge in [0.2, 0.25) is 0 Å². The van der Waals surface area contributed by atoms with Gasteiger partial charge >= 0.3 is 5.97 Å². The number of carbonyl (C=O) groups excluding carboxylic acids is 1. The first-order valence-electron chi connectivity index (χ1n) is 4.33. The molecule has 0 saturated carbocycles. The Morgan fingerprint density at radius 3 is 3.07 bits per heavy atom. The molecule has 0 unspecified atom stereocenters. The maximum atomic E-state index is 10.7. The van der Waals surface area contributed by atoms with E-state index < -0.39 is 0 Å². The van der Waals surface area contributed by atoms with Gasteiger partial charge < -0.3 is 4.74 Å². The minimum absolute atomic E-state index is 0.339. The fraction of sp³-hybridized carbons (Fsp3) is 0.182. The van der Waals surface area contributed by atoms with Crippen LogP contribution in [0.5, 0.6) is 0 Å². The Hall–Kier alpha value is -0.930. The van der Waals surface area contributed by atoms with E-state index >= 15 is 0 Å². The lowest BCUT2D eigenvalue weighted by Crippen LogP contribution is -1.92. The third kappa shape index (κ3) is 4.91. The fourth-order valence-electron chi connectivity index (χ4n) is 0.943. The van der Waals surface area contributed by atoms with E-state index in [1.807, 2.05) is 24.3 Å². The van der Waals surface area contributed by atoms with Gasteiger partial charge in [-0.25, -0.2) is 4.79 Å². The number of thioether (sulfide) groups is 1. The quantitative estimate of drug-likeness (QED) is 0.599. The highest BCUT2D eigenvalue weighted by molar-refractivity contribution is 8.01. The number of carbonyl (C=O) groups is 1. The van der Waals surface area contributed by atoms with Crippen molar-refractivity contribution in [3.63, 3.8) is 0 Å². The molecule has 0 heterocycles. The first-order chi connectivity index (χ1) is 7.22. The molecule has 0 fully saturated rings. The number of hydrogen-bond acceptors (Lipinski definition) is 3. The van der Waals surface area contributed by atoms with E-state index in [2.05, 4.69) is 4.74 Å². The molecule has 0 aliphatic carbocycles. The van der Waals surface area contributed by atoms with Crippen molar-refractivity contribution in [1.82, 2.24) is 0 Å². The smallest absolute Gasteiger partial charge is 0.330 e. The minimum Gasteiger partial charge on any atom is -0.466 e. The van der Waals surface area contributed by atoms with Crippen molar-refractivity contribution in [2.75, 3.05) is 7.11 Å². The highest BCUT2D eigenvalue weighted by Gasteiger charge is 1.94. The van der Waals surface area contributed by atoms with E-state index in [9.17, 15) is 4.79 Å². The van der Waals surface area contributed by atoms with Crippen LogP contribution < -0.4 is 0 Å². The Balaban J connectivity index is 2.38. The van der Waals surface area contributed by atoms with Crippen LogP contribution in [-0.4, -0.2) is 13.1 Å². The van der Waals surface area contributed by atoms with Crippen LogP contribution in [0.2, 0.25) is 5.02 Å². The minimum atomic E-state index is -0.339. The van der Waals surface area contributed by atoms with E-state index in [-0.39, 0.29) is 5.97 Å². The summed E-state index contributed by atoms with van der Waals surface area (Å²) in [7, 11) is 1.36. The van der Waals surface area contributed by atoms with E-state index in [0.717, 1.165) is 16.3 Å². The third-order valence-electron chi connectivity index (χ3n) is 1.64. The number of ether oxygens (including phenoxy) is 1. The predicted molar refractivity (Wildman–Crippen MR) is 63.9 cm³/mol. The predicted octanol–water partition coefficient (Wildman–Crippen LogP) is 3.26. The third-order valence-corrected chi connectivity index (χ3v) is 2.70. The van der Waals surface area contributed by atoms with Gasteiger partial charge in [-0.15, -0.1) is 11.8 Å². The molecule has 0 aromatic heterocycles. The summed E-state index contributed by atoms with van der Waals surface area (Å²) in [5.41, 5.74) is 1.13. The fourth-order valence-corrected chi connectivity index (χ4v) is 1.83. The van der Waals surface area contributed by atoms with Crippen LogP contribution in [0.4, 0.5) is 0 Å². The average Bonchev–Trinajstić information content (AvgIpc) is 2.24. The van der Waals surface area contributed by atoms with Gasteiger partial charge in [0.05, 0.1) is 7.11 Å². The molecule has 80 valence electrons. The van der Waals surface area contributed by atoms with Crippen LogP contribution >= 0.6 is 23.4 Å². The molecule has 1 aromatic carbocycles. The molecular weight excluding hydrogens is 232 g/mol. The standard InChI is InChI=1S/C11H11ClO2S/c1-14-11(13)5-6-15-8-9-3-2-4-10(12)7-9/h2-7H,8H2,1H3/b6-5-. The molecule has 1 rings (SSSR count). The molecule has 0 aliphatic rings. The summed E-state index contributed by atoms with van der Waals surface area (Å²) >= 11 is 7.35. The molecular formula is C11H11ClO2S. The SMILES string of the molecule is COC(=O)/C=C\SCc1cccc(Cl)c1. The molecule has 0 radical (unpaired) electrons. The highest BCUT2D eigenvalue weighted by atomic mass is 35.5. The number of rotatable bonds is 4. The highest BCUT2D eigenvalue weighted by Crippen LogP contribution is 2.17. The Labute approximate surface area is 98.3 Å². The molecule has 0 amide bonds. The van der Waals surface area contributed by atoms with Gasteiger partial charge in [0, 0.05) is 16.9 Å². The maximum Gasteiger partial charge on any atom is 0.330 e. The van der Waals surface area contributed by atoms with Crippen molar-refractivity contribution >= 4 is 29.3 Å². The maximum absolute atomic E-state index is 10.7. The van der Waals surface area contributed by atoms with Crippen molar-refractivity contribution in [2.45, 2.75) is 5.75 Å². The van der Waals surface area contributed by atoms with Gasteiger partial charge in [0.25, 0.3) is 0 Å². The zero-order valence-corrected chi connectivity index (χ0v) is 9.85. The summed E-state index contributed by atoms with van der Waals surface area (Å²) in [6, 6.07) is 7.63. The van der Waals surface area contributed by atoms with Crippen LogP contribution in [0, 0.1) is 0 Å². The Morgan fingerprint density at radius 2 is 2.40 bits per heavy atom. The molecule has 0 spiro atoms. The second kappa shape index (κ2) is 6.53. The van der Waals surface area contributed by atoms with Gasteiger partial charge in [0.1, 0.15) is 0 Å².